The van der Waals surface area contributed by atoms with Gasteiger partial charge in [-0.15, -0.1) is 0 Å². The number of halogens is 1. The molecule has 0 spiro atoms. The number of hydrogen-bond donors (Lipinski definition) is 2. The lowest BCUT2D eigenvalue weighted by atomic mass is 10.2. The summed E-state index contributed by atoms with van der Waals surface area (Å²) in [5.41, 5.74) is 0.152. The molecule has 0 radical (unpaired) electrons. The lowest BCUT2D eigenvalue weighted by Crippen LogP contribution is -2.34. The van der Waals surface area contributed by atoms with E-state index in [2.05, 4.69) is 5.32 Å². The minimum atomic E-state index is -1.13. The molecule has 0 atom stereocenters. The Balaban J connectivity index is 2.74. The van der Waals surface area contributed by atoms with Crippen molar-refractivity contribution in [1.82, 2.24) is 4.90 Å². The Morgan fingerprint density at radius 1 is 1.45 bits per heavy atom. The number of nitrogens with zero attached hydrogens (tertiary/aromatic N) is 1. The fraction of sp³-hybridized carbons (Fsp3) is 0.385. The van der Waals surface area contributed by atoms with Crippen molar-refractivity contribution in [3.05, 3.63) is 28.8 Å². The summed E-state index contributed by atoms with van der Waals surface area (Å²) >= 11 is 5.81. The van der Waals surface area contributed by atoms with Gasteiger partial charge in [0.25, 0.3) is 0 Å². The summed E-state index contributed by atoms with van der Waals surface area (Å²) < 4.78 is 5.15. The second-order valence-electron chi connectivity index (χ2n) is 4.04. The lowest BCUT2D eigenvalue weighted by Gasteiger charge is -2.18. The highest BCUT2D eigenvalue weighted by Crippen LogP contribution is 2.21. The lowest BCUT2D eigenvalue weighted by molar-refractivity contribution is 0.0698. The second-order valence-corrected chi connectivity index (χ2v) is 4.48. The molecule has 2 N–H and O–H groups in total. The summed E-state index contributed by atoms with van der Waals surface area (Å²) in [6, 6.07) is 3.79. The molecule has 2 amide bonds. The van der Waals surface area contributed by atoms with Crippen molar-refractivity contribution in [2.75, 3.05) is 32.1 Å². The molecule has 1 rings (SSSR count). The molecule has 0 fully saturated rings. The topological polar surface area (TPSA) is 78.9 Å². The van der Waals surface area contributed by atoms with Crippen LogP contribution in [-0.2, 0) is 4.74 Å². The summed E-state index contributed by atoms with van der Waals surface area (Å²) in [5.74, 6) is -1.13. The molecule has 0 aliphatic carbocycles. The number of carboxylic acids is 1. The third kappa shape index (κ3) is 4.71. The van der Waals surface area contributed by atoms with Crippen LogP contribution in [0.3, 0.4) is 0 Å². The Bertz CT molecular complexity index is 493. The maximum atomic E-state index is 11.9. The van der Waals surface area contributed by atoms with E-state index in [1.165, 1.54) is 23.1 Å². The molecule has 6 nitrogen and oxygen atoms in total. The molecule has 0 heterocycles. The van der Waals surface area contributed by atoms with Crippen LogP contribution < -0.4 is 5.32 Å². The number of likely N-dealkylation sites (N-methyl/N-ethyl adjacent to an activating group) is 1. The molecule has 1 aromatic rings. The van der Waals surface area contributed by atoms with Crippen LogP contribution in [0.1, 0.15) is 17.3 Å². The molecule has 0 unspecified atom stereocenters. The highest BCUT2D eigenvalue weighted by molar-refractivity contribution is 6.31. The van der Waals surface area contributed by atoms with Gasteiger partial charge in [-0.25, -0.2) is 9.59 Å². The molecule has 1 aromatic carbocycles. The minimum absolute atomic E-state index is 0.0130. The smallest absolute Gasteiger partial charge is 0.337 e. The SMILES string of the molecule is CCOCCN(C)C(=O)Nc1cc(Cl)ccc1C(=O)O. The van der Waals surface area contributed by atoms with Gasteiger partial charge in [0, 0.05) is 25.2 Å². The van der Waals surface area contributed by atoms with E-state index in [4.69, 9.17) is 21.4 Å². The maximum absolute atomic E-state index is 11.9. The zero-order valence-electron chi connectivity index (χ0n) is 11.4. The number of aromatic carboxylic acids is 1. The van der Waals surface area contributed by atoms with Crippen molar-refractivity contribution in [3.63, 3.8) is 0 Å². The molecule has 0 saturated carbocycles. The van der Waals surface area contributed by atoms with E-state index in [1.807, 2.05) is 6.92 Å². The van der Waals surface area contributed by atoms with E-state index in [0.29, 0.717) is 24.8 Å². The van der Waals surface area contributed by atoms with Gasteiger partial charge in [0.2, 0.25) is 0 Å². The Morgan fingerprint density at radius 3 is 2.75 bits per heavy atom. The largest absolute Gasteiger partial charge is 0.478 e. The Labute approximate surface area is 122 Å². The average molecular weight is 301 g/mol. The normalized spacial score (nSPS) is 10.2. The first kappa shape index (κ1) is 16.3. The molecule has 0 aliphatic rings. The van der Waals surface area contributed by atoms with Crippen molar-refractivity contribution in [1.29, 1.82) is 0 Å². The van der Waals surface area contributed by atoms with Crippen molar-refractivity contribution in [3.8, 4) is 0 Å². The predicted octanol–water partition coefficient (Wildman–Crippen LogP) is 2.54. The van der Waals surface area contributed by atoms with Crippen molar-refractivity contribution >= 4 is 29.3 Å². The highest BCUT2D eigenvalue weighted by atomic mass is 35.5. The number of carbonyl (C=O) groups is 2. The summed E-state index contributed by atoms with van der Waals surface area (Å²) in [6.45, 7) is 3.27. The molecular formula is C13H17ClN2O4. The summed E-state index contributed by atoms with van der Waals surface area (Å²) in [6.07, 6.45) is 0. The van der Waals surface area contributed by atoms with Gasteiger partial charge in [-0.3, -0.25) is 0 Å². The Morgan fingerprint density at radius 2 is 2.15 bits per heavy atom. The number of amides is 2. The van der Waals surface area contributed by atoms with E-state index < -0.39 is 12.0 Å². The summed E-state index contributed by atoms with van der Waals surface area (Å²) in [4.78, 5) is 24.4. The predicted molar refractivity (Wildman–Crippen MR) is 76.6 cm³/mol. The van der Waals surface area contributed by atoms with Gasteiger partial charge in [0.05, 0.1) is 17.9 Å². The molecule has 0 bridgehead atoms. The van der Waals surface area contributed by atoms with Crippen molar-refractivity contribution in [2.24, 2.45) is 0 Å². The van der Waals surface area contributed by atoms with E-state index >= 15 is 0 Å². The monoisotopic (exact) mass is 300 g/mol. The highest BCUT2D eigenvalue weighted by Gasteiger charge is 2.15. The molecule has 0 aliphatic heterocycles. The van der Waals surface area contributed by atoms with Gasteiger partial charge >= 0.3 is 12.0 Å². The summed E-state index contributed by atoms with van der Waals surface area (Å²) in [5, 5.41) is 11.9. The molecule has 0 saturated heterocycles. The van der Waals surface area contributed by atoms with Gasteiger partial charge in [-0.05, 0) is 25.1 Å². The number of anilines is 1. The van der Waals surface area contributed by atoms with Crippen LogP contribution in [0.2, 0.25) is 5.02 Å². The van der Waals surface area contributed by atoms with Gasteiger partial charge in [0.15, 0.2) is 0 Å². The van der Waals surface area contributed by atoms with Crippen LogP contribution >= 0.6 is 11.6 Å². The number of carboxylic acid groups (broad SMARTS) is 1. The molecule has 110 valence electrons. The van der Waals surface area contributed by atoms with Gasteiger partial charge in [0.1, 0.15) is 0 Å². The minimum Gasteiger partial charge on any atom is -0.478 e. The van der Waals surface area contributed by atoms with Crippen molar-refractivity contribution < 1.29 is 19.4 Å². The zero-order valence-corrected chi connectivity index (χ0v) is 12.1. The maximum Gasteiger partial charge on any atom is 0.337 e. The standard InChI is InChI=1S/C13H17ClN2O4/c1-3-20-7-6-16(2)13(19)15-11-8-9(14)4-5-10(11)12(17)18/h4-5,8H,3,6-7H2,1-2H3,(H,15,19)(H,17,18). The number of benzene rings is 1. The van der Waals surface area contributed by atoms with Crippen LogP contribution in [0.5, 0.6) is 0 Å². The average Bonchev–Trinajstić information content (AvgIpc) is 2.38. The van der Waals surface area contributed by atoms with Crippen LogP contribution in [0, 0.1) is 0 Å². The van der Waals surface area contributed by atoms with Crippen molar-refractivity contribution in [2.45, 2.75) is 6.92 Å². The van der Waals surface area contributed by atoms with Gasteiger partial charge in [-0.2, -0.15) is 0 Å². The van der Waals surface area contributed by atoms with E-state index in [-0.39, 0.29) is 11.3 Å². The van der Waals surface area contributed by atoms with Crippen LogP contribution in [0.15, 0.2) is 18.2 Å². The Hall–Kier alpha value is -1.79. The number of carbonyl (C=O) groups excluding carboxylic acids is 1. The third-order valence-electron chi connectivity index (χ3n) is 2.58. The van der Waals surface area contributed by atoms with Gasteiger partial charge < -0.3 is 20.1 Å². The summed E-state index contributed by atoms with van der Waals surface area (Å²) in [7, 11) is 1.60. The van der Waals surface area contributed by atoms with E-state index in [0.717, 1.165) is 0 Å². The first-order chi connectivity index (χ1) is 9.45. The fourth-order valence-electron chi connectivity index (χ4n) is 1.46. The molecule has 0 aromatic heterocycles. The number of urea groups is 1. The van der Waals surface area contributed by atoms with E-state index in [9.17, 15) is 9.59 Å². The first-order valence-corrected chi connectivity index (χ1v) is 6.46. The van der Waals surface area contributed by atoms with Crippen LogP contribution in [0.4, 0.5) is 10.5 Å². The first-order valence-electron chi connectivity index (χ1n) is 6.08. The third-order valence-corrected chi connectivity index (χ3v) is 2.81. The second kappa shape index (κ2) is 7.72. The Kier molecular flexibility index (Phi) is 6.27. The zero-order chi connectivity index (χ0) is 15.1. The molecular weight excluding hydrogens is 284 g/mol. The number of hydrogen-bond acceptors (Lipinski definition) is 3. The van der Waals surface area contributed by atoms with Crippen LogP contribution in [0.25, 0.3) is 0 Å². The molecule has 20 heavy (non-hydrogen) atoms. The van der Waals surface area contributed by atoms with Gasteiger partial charge in [-0.1, -0.05) is 11.6 Å². The van der Waals surface area contributed by atoms with Crippen LogP contribution in [-0.4, -0.2) is 48.8 Å². The number of ether oxygens (including phenoxy) is 1. The quantitative estimate of drug-likeness (QED) is 0.791. The molecule has 7 heteroatoms. The van der Waals surface area contributed by atoms with E-state index in [1.54, 1.807) is 7.05 Å². The number of nitrogens with one attached hydrogen (secondary N) is 1. The fourth-order valence-corrected chi connectivity index (χ4v) is 1.64. The number of rotatable bonds is 6.